The number of aryl methyl sites for hydroxylation is 2. The van der Waals surface area contributed by atoms with Gasteiger partial charge >= 0.3 is 0 Å². The molecule has 0 aliphatic carbocycles. The highest BCUT2D eigenvalue weighted by Crippen LogP contribution is 2.24. The third kappa shape index (κ3) is 3.88. The molecule has 3 heteroatoms. The molecule has 0 amide bonds. The summed E-state index contributed by atoms with van der Waals surface area (Å²) in [4.78, 5) is 11.5. The van der Waals surface area contributed by atoms with Crippen LogP contribution < -0.4 is 9.47 Å². The van der Waals surface area contributed by atoms with Crippen LogP contribution in [0.1, 0.15) is 40.9 Å². The summed E-state index contributed by atoms with van der Waals surface area (Å²) in [5.41, 5.74) is 3.98. The Hall–Kier alpha value is -2.29. The van der Waals surface area contributed by atoms with Gasteiger partial charge in [-0.15, -0.1) is 0 Å². The van der Waals surface area contributed by atoms with E-state index in [1.807, 2.05) is 37.3 Å². The summed E-state index contributed by atoms with van der Waals surface area (Å²) in [5.74, 6) is 1.62. The number of hydrogen-bond donors (Lipinski definition) is 0. The normalized spacial score (nSPS) is 10.4. The van der Waals surface area contributed by atoms with E-state index >= 15 is 0 Å². The molecule has 3 nitrogen and oxygen atoms in total. The van der Waals surface area contributed by atoms with Gasteiger partial charge in [-0.05, 0) is 69.2 Å². The number of benzene rings is 2. The van der Waals surface area contributed by atoms with Crippen molar-refractivity contribution in [2.24, 2.45) is 0 Å². The van der Waals surface area contributed by atoms with Crippen molar-refractivity contribution in [2.75, 3.05) is 6.61 Å². The van der Waals surface area contributed by atoms with E-state index in [1.54, 1.807) is 13.0 Å². The average Bonchev–Trinajstić information content (AvgIpc) is 2.49. The van der Waals surface area contributed by atoms with Gasteiger partial charge in [0.25, 0.3) is 0 Å². The van der Waals surface area contributed by atoms with Crippen LogP contribution in [0.3, 0.4) is 0 Å². The molecule has 0 aromatic heterocycles. The second-order valence-electron chi connectivity index (χ2n) is 5.35. The van der Waals surface area contributed by atoms with Gasteiger partial charge in [0.2, 0.25) is 0 Å². The molecule has 0 aliphatic heterocycles. The molecule has 2 aromatic rings. The van der Waals surface area contributed by atoms with E-state index in [4.69, 9.17) is 9.47 Å². The van der Waals surface area contributed by atoms with Gasteiger partial charge in [0.1, 0.15) is 18.1 Å². The Morgan fingerprint density at radius 3 is 2.41 bits per heavy atom. The van der Waals surface area contributed by atoms with Gasteiger partial charge in [-0.25, -0.2) is 0 Å². The highest BCUT2D eigenvalue weighted by molar-refractivity contribution is 5.94. The molecule has 2 rings (SSSR count). The lowest BCUT2D eigenvalue weighted by Crippen LogP contribution is -2.03. The van der Waals surface area contributed by atoms with Gasteiger partial charge in [-0.1, -0.05) is 6.07 Å². The molecule has 2 aromatic carbocycles. The second kappa shape index (κ2) is 7.12. The Morgan fingerprint density at radius 2 is 1.77 bits per heavy atom. The van der Waals surface area contributed by atoms with E-state index in [-0.39, 0.29) is 5.78 Å². The smallest absolute Gasteiger partial charge is 0.159 e. The van der Waals surface area contributed by atoms with Crippen LogP contribution in [-0.2, 0) is 6.61 Å². The molecule has 0 atom stereocenters. The van der Waals surface area contributed by atoms with Crippen LogP contribution in [0.15, 0.2) is 36.4 Å². The Kier molecular flexibility index (Phi) is 5.21. The van der Waals surface area contributed by atoms with Crippen LogP contribution in [0.4, 0.5) is 0 Å². The minimum absolute atomic E-state index is 0.0375. The molecular weight excluding hydrogens is 276 g/mol. The summed E-state index contributed by atoms with van der Waals surface area (Å²) in [7, 11) is 0. The largest absolute Gasteiger partial charge is 0.493 e. The molecule has 0 spiro atoms. The Labute approximate surface area is 131 Å². The molecule has 22 heavy (non-hydrogen) atoms. The van der Waals surface area contributed by atoms with E-state index in [1.165, 1.54) is 11.1 Å². The van der Waals surface area contributed by atoms with Crippen molar-refractivity contribution in [1.82, 2.24) is 0 Å². The third-order valence-electron chi connectivity index (χ3n) is 3.64. The van der Waals surface area contributed by atoms with Crippen molar-refractivity contribution in [3.8, 4) is 11.5 Å². The number of carbonyl (C=O) groups excluding carboxylic acids is 1. The fraction of sp³-hybridized carbons (Fsp3) is 0.316. The van der Waals surface area contributed by atoms with Crippen molar-refractivity contribution in [3.63, 3.8) is 0 Å². The minimum atomic E-state index is 0.0375. The zero-order valence-corrected chi connectivity index (χ0v) is 13.6. The number of hydrogen-bond acceptors (Lipinski definition) is 3. The molecular formula is C19H22O3. The number of ketones is 1. The standard InChI is InChI=1S/C19H22O3/c1-5-21-19-9-7-16(15(4)20)11-17(19)12-22-18-8-6-13(2)14(3)10-18/h6-11H,5,12H2,1-4H3. The first-order valence-corrected chi connectivity index (χ1v) is 7.48. The molecule has 0 saturated carbocycles. The van der Waals surface area contributed by atoms with Crippen molar-refractivity contribution in [3.05, 3.63) is 58.7 Å². The van der Waals surface area contributed by atoms with E-state index in [2.05, 4.69) is 13.8 Å². The van der Waals surface area contributed by atoms with Gasteiger partial charge in [0.05, 0.1) is 6.61 Å². The summed E-state index contributed by atoms with van der Waals surface area (Å²) in [6.07, 6.45) is 0. The predicted molar refractivity (Wildman–Crippen MR) is 87.9 cm³/mol. The molecule has 0 fully saturated rings. The lowest BCUT2D eigenvalue weighted by Gasteiger charge is -2.13. The van der Waals surface area contributed by atoms with Crippen LogP contribution in [0.25, 0.3) is 0 Å². The zero-order chi connectivity index (χ0) is 16.1. The third-order valence-corrected chi connectivity index (χ3v) is 3.64. The van der Waals surface area contributed by atoms with Gasteiger partial charge in [-0.2, -0.15) is 0 Å². The number of ether oxygens (including phenoxy) is 2. The fourth-order valence-corrected chi connectivity index (χ4v) is 2.17. The number of Topliss-reactive ketones (excluding diaryl/α,β-unsaturated/α-hetero) is 1. The summed E-state index contributed by atoms with van der Waals surface area (Å²) >= 11 is 0. The van der Waals surface area contributed by atoms with Crippen LogP contribution >= 0.6 is 0 Å². The lowest BCUT2D eigenvalue weighted by atomic mass is 10.1. The first-order valence-electron chi connectivity index (χ1n) is 7.48. The summed E-state index contributed by atoms with van der Waals surface area (Å²) < 4.78 is 11.5. The fourth-order valence-electron chi connectivity index (χ4n) is 2.17. The first-order chi connectivity index (χ1) is 10.5. The van der Waals surface area contributed by atoms with E-state index in [0.717, 1.165) is 17.1 Å². The summed E-state index contributed by atoms with van der Waals surface area (Å²) in [6, 6.07) is 11.5. The topological polar surface area (TPSA) is 35.5 Å². The highest BCUT2D eigenvalue weighted by atomic mass is 16.5. The van der Waals surface area contributed by atoms with Gasteiger partial charge < -0.3 is 9.47 Å². The Balaban J connectivity index is 2.20. The summed E-state index contributed by atoms with van der Waals surface area (Å²) in [5, 5.41) is 0. The number of carbonyl (C=O) groups is 1. The molecule has 0 aliphatic rings. The molecule has 0 bridgehead atoms. The molecule has 0 heterocycles. The van der Waals surface area contributed by atoms with Gasteiger partial charge in [0.15, 0.2) is 5.78 Å². The van der Waals surface area contributed by atoms with E-state index in [0.29, 0.717) is 18.8 Å². The molecule has 0 radical (unpaired) electrons. The SMILES string of the molecule is CCOc1ccc(C(C)=O)cc1COc1ccc(C)c(C)c1. The molecule has 0 unspecified atom stereocenters. The molecule has 116 valence electrons. The maximum absolute atomic E-state index is 11.5. The average molecular weight is 298 g/mol. The second-order valence-corrected chi connectivity index (χ2v) is 5.35. The van der Waals surface area contributed by atoms with Gasteiger partial charge in [0, 0.05) is 11.1 Å². The zero-order valence-electron chi connectivity index (χ0n) is 13.6. The Bertz CT molecular complexity index is 674. The van der Waals surface area contributed by atoms with Crippen LogP contribution in [0.5, 0.6) is 11.5 Å². The maximum Gasteiger partial charge on any atom is 0.159 e. The quantitative estimate of drug-likeness (QED) is 0.737. The first kappa shape index (κ1) is 16.1. The van der Waals surface area contributed by atoms with Crippen molar-refractivity contribution >= 4 is 5.78 Å². The Morgan fingerprint density at radius 1 is 1.00 bits per heavy atom. The van der Waals surface area contributed by atoms with Crippen LogP contribution in [-0.4, -0.2) is 12.4 Å². The molecule has 0 N–H and O–H groups in total. The predicted octanol–water partition coefficient (Wildman–Crippen LogP) is 4.48. The van der Waals surface area contributed by atoms with Crippen LogP contribution in [0, 0.1) is 13.8 Å². The van der Waals surface area contributed by atoms with Crippen molar-refractivity contribution in [1.29, 1.82) is 0 Å². The maximum atomic E-state index is 11.5. The van der Waals surface area contributed by atoms with E-state index in [9.17, 15) is 4.79 Å². The van der Waals surface area contributed by atoms with Gasteiger partial charge in [-0.3, -0.25) is 4.79 Å². The monoisotopic (exact) mass is 298 g/mol. The number of rotatable bonds is 6. The summed E-state index contributed by atoms with van der Waals surface area (Å²) in [6.45, 7) is 8.58. The van der Waals surface area contributed by atoms with Crippen molar-refractivity contribution in [2.45, 2.75) is 34.3 Å². The highest BCUT2D eigenvalue weighted by Gasteiger charge is 2.09. The molecule has 0 saturated heterocycles. The minimum Gasteiger partial charge on any atom is -0.493 e. The van der Waals surface area contributed by atoms with E-state index < -0.39 is 0 Å². The van der Waals surface area contributed by atoms with Crippen LogP contribution in [0.2, 0.25) is 0 Å². The lowest BCUT2D eigenvalue weighted by molar-refractivity contribution is 0.101. The van der Waals surface area contributed by atoms with Crippen molar-refractivity contribution < 1.29 is 14.3 Å².